The smallest absolute Gasteiger partial charge is 0.341 e. The van der Waals surface area contributed by atoms with Gasteiger partial charge in [0.05, 0.1) is 26.0 Å². The van der Waals surface area contributed by atoms with Crippen LogP contribution in [0.25, 0.3) is 0 Å². The third-order valence-corrected chi connectivity index (χ3v) is 4.25. The first-order valence-corrected chi connectivity index (χ1v) is 8.29. The maximum Gasteiger partial charge on any atom is 0.341 e. The summed E-state index contributed by atoms with van der Waals surface area (Å²) in [6.45, 7) is 2.97. The summed E-state index contributed by atoms with van der Waals surface area (Å²) in [5.41, 5.74) is 1.71. The Morgan fingerprint density at radius 3 is 2.79 bits per heavy atom. The van der Waals surface area contributed by atoms with Crippen molar-refractivity contribution in [3.8, 4) is 0 Å². The van der Waals surface area contributed by atoms with Crippen LogP contribution in [0.1, 0.15) is 34.5 Å². The predicted molar refractivity (Wildman–Crippen MR) is 89.6 cm³/mol. The van der Waals surface area contributed by atoms with E-state index < -0.39 is 0 Å². The van der Waals surface area contributed by atoms with Gasteiger partial charge >= 0.3 is 5.97 Å². The number of carbonyl (C=O) groups is 1. The highest BCUT2D eigenvalue weighted by atomic mass is 16.5. The van der Waals surface area contributed by atoms with Crippen LogP contribution in [0.4, 0.5) is 0 Å². The fourth-order valence-electron chi connectivity index (χ4n) is 3.06. The molecule has 5 heteroatoms. The first kappa shape index (κ1) is 16.7. The largest absolute Gasteiger partial charge is 0.467 e. The van der Waals surface area contributed by atoms with Crippen LogP contribution in [0.2, 0.25) is 0 Å². The van der Waals surface area contributed by atoms with Crippen molar-refractivity contribution in [2.75, 3.05) is 20.3 Å². The minimum atomic E-state index is -0.365. The Labute approximate surface area is 142 Å². The molecular formula is C19H23NO4. The number of methoxy groups -OCH3 is 1. The molecule has 3 rings (SSSR count). The van der Waals surface area contributed by atoms with E-state index >= 15 is 0 Å². The average molecular weight is 329 g/mol. The maximum atomic E-state index is 11.9. The predicted octanol–water partition coefficient (Wildman–Crippen LogP) is 3.25. The van der Waals surface area contributed by atoms with Crippen LogP contribution in [0.3, 0.4) is 0 Å². The second kappa shape index (κ2) is 8.13. The van der Waals surface area contributed by atoms with Gasteiger partial charge in [-0.05, 0) is 24.5 Å². The zero-order valence-electron chi connectivity index (χ0n) is 13.9. The summed E-state index contributed by atoms with van der Waals surface area (Å²) >= 11 is 0. The fourth-order valence-corrected chi connectivity index (χ4v) is 3.06. The van der Waals surface area contributed by atoms with Crippen molar-refractivity contribution < 1.29 is 18.7 Å². The number of ether oxygens (including phenoxy) is 2. The minimum absolute atomic E-state index is 0.241. The monoisotopic (exact) mass is 329 g/mol. The summed E-state index contributed by atoms with van der Waals surface area (Å²) < 4.78 is 16.1. The second-order valence-corrected chi connectivity index (χ2v) is 6.04. The molecule has 1 aliphatic heterocycles. The van der Waals surface area contributed by atoms with Crippen molar-refractivity contribution >= 4 is 5.97 Å². The molecule has 1 saturated heterocycles. The van der Waals surface area contributed by atoms with Crippen molar-refractivity contribution in [2.45, 2.75) is 32.0 Å². The Kier molecular flexibility index (Phi) is 5.67. The summed E-state index contributed by atoms with van der Waals surface area (Å²) in [6.07, 6.45) is 3.96. The standard InChI is InChI=1S/C19H23NO4/c1-22-19(21)17-9-11-24-18(17)14-20(13-16-8-5-10-23-16)12-15-6-3-2-4-7-15/h2-4,6-7,9,11,16H,5,8,10,12-14H2,1H3. The number of hydrogen-bond donors (Lipinski definition) is 0. The van der Waals surface area contributed by atoms with Crippen LogP contribution < -0.4 is 0 Å². The molecule has 0 aliphatic carbocycles. The molecule has 0 spiro atoms. The highest BCUT2D eigenvalue weighted by Gasteiger charge is 2.23. The van der Waals surface area contributed by atoms with Crippen LogP contribution in [0, 0.1) is 0 Å². The lowest BCUT2D eigenvalue weighted by Gasteiger charge is -2.24. The molecule has 0 bridgehead atoms. The van der Waals surface area contributed by atoms with Crippen molar-refractivity contribution in [1.82, 2.24) is 4.90 Å². The third-order valence-electron chi connectivity index (χ3n) is 4.25. The third kappa shape index (κ3) is 4.24. The van der Waals surface area contributed by atoms with Crippen LogP contribution in [0.15, 0.2) is 47.1 Å². The van der Waals surface area contributed by atoms with E-state index in [0.717, 1.165) is 32.5 Å². The van der Waals surface area contributed by atoms with Gasteiger partial charge in [0.2, 0.25) is 0 Å². The van der Waals surface area contributed by atoms with E-state index in [0.29, 0.717) is 17.9 Å². The topological polar surface area (TPSA) is 51.9 Å². The molecule has 24 heavy (non-hydrogen) atoms. The van der Waals surface area contributed by atoms with Gasteiger partial charge in [-0.2, -0.15) is 0 Å². The number of carbonyl (C=O) groups excluding carboxylic acids is 1. The Morgan fingerprint density at radius 1 is 1.25 bits per heavy atom. The first-order valence-electron chi connectivity index (χ1n) is 8.29. The summed E-state index contributed by atoms with van der Waals surface area (Å²) in [4.78, 5) is 14.1. The van der Waals surface area contributed by atoms with Crippen LogP contribution in [0.5, 0.6) is 0 Å². The van der Waals surface area contributed by atoms with Crippen molar-refractivity contribution in [1.29, 1.82) is 0 Å². The van der Waals surface area contributed by atoms with Crippen molar-refractivity contribution in [3.05, 3.63) is 59.5 Å². The minimum Gasteiger partial charge on any atom is -0.467 e. The highest BCUT2D eigenvalue weighted by Crippen LogP contribution is 2.20. The van der Waals surface area contributed by atoms with E-state index in [2.05, 4.69) is 17.0 Å². The van der Waals surface area contributed by atoms with Crippen molar-refractivity contribution in [2.24, 2.45) is 0 Å². The zero-order valence-corrected chi connectivity index (χ0v) is 13.9. The molecule has 1 aromatic carbocycles. The second-order valence-electron chi connectivity index (χ2n) is 6.04. The summed E-state index contributed by atoms with van der Waals surface area (Å²) in [5, 5.41) is 0. The number of esters is 1. The van der Waals surface area contributed by atoms with Crippen molar-refractivity contribution in [3.63, 3.8) is 0 Å². The number of rotatable bonds is 7. The molecule has 1 fully saturated rings. The van der Waals surface area contributed by atoms with E-state index in [-0.39, 0.29) is 12.1 Å². The van der Waals surface area contributed by atoms with Gasteiger partial charge < -0.3 is 13.9 Å². The Hall–Kier alpha value is -2.11. The van der Waals surface area contributed by atoms with E-state index in [1.54, 1.807) is 6.07 Å². The van der Waals surface area contributed by atoms with Gasteiger partial charge in [0.1, 0.15) is 11.3 Å². The van der Waals surface area contributed by atoms with Crippen LogP contribution in [-0.4, -0.2) is 37.2 Å². The van der Waals surface area contributed by atoms with Gasteiger partial charge in [0.15, 0.2) is 0 Å². The normalized spacial score (nSPS) is 17.3. The molecule has 1 atom stereocenters. The van der Waals surface area contributed by atoms with Gasteiger partial charge in [0, 0.05) is 19.7 Å². The number of hydrogen-bond acceptors (Lipinski definition) is 5. The Morgan fingerprint density at radius 2 is 2.08 bits per heavy atom. The molecule has 0 radical (unpaired) electrons. The van der Waals surface area contributed by atoms with Crippen LogP contribution in [-0.2, 0) is 22.6 Å². The van der Waals surface area contributed by atoms with Gasteiger partial charge in [-0.1, -0.05) is 30.3 Å². The fraction of sp³-hybridized carbons (Fsp3) is 0.421. The lowest BCUT2D eigenvalue weighted by molar-refractivity contribution is 0.0583. The van der Waals surface area contributed by atoms with Gasteiger partial charge in [-0.3, -0.25) is 4.90 Å². The number of benzene rings is 1. The van der Waals surface area contributed by atoms with Gasteiger partial charge in [-0.25, -0.2) is 4.79 Å². The van der Waals surface area contributed by atoms with E-state index in [4.69, 9.17) is 13.9 Å². The summed E-state index contributed by atoms with van der Waals surface area (Å²) in [5.74, 6) is 0.270. The summed E-state index contributed by atoms with van der Waals surface area (Å²) in [7, 11) is 1.38. The molecule has 1 aromatic heterocycles. The van der Waals surface area contributed by atoms with Gasteiger partial charge in [-0.15, -0.1) is 0 Å². The van der Waals surface area contributed by atoms with Gasteiger partial charge in [0.25, 0.3) is 0 Å². The van der Waals surface area contributed by atoms with E-state index in [1.165, 1.54) is 18.9 Å². The maximum absolute atomic E-state index is 11.9. The van der Waals surface area contributed by atoms with Crippen LogP contribution >= 0.6 is 0 Å². The Bertz CT molecular complexity index is 646. The molecule has 2 heterocycles. The van der Waals surface area contributed by atoms with E-state index in [1.807, 2.05) is 18.2 Å². The molecule has 5 nitrogen and oxygen atoms in total. The molecule has 1 unspecified atom stereocenters. The molecule has 1 aliphatic rings. The molecule has 2 aromatic rings. The molecule has 0 saturated carbocycles. The zero-order chi connectivity index (χ0) is 16.8. The quantitative estimate of drug-likeness (QED) is 0.730. The molecular weight excluding hydrogens is 306 g/mol. The molecule has 0 amide bonds. The SMILES string of the molecule is COC(=O)c1ccoc1CN(Cc1ccccc1)CC1CCCO1. The lowest BCUT2D eigenvalue weighted by atomic mass is 10.1. The molecule has 128 valence electrons. The lowest BCUT2D eigenvalue weighted by Crippen LogP contribution is -2.31. The average Bonchev–Trinajstić information content (AvgIpc) is 3.27. The molecule has 0 N–H and O–H groups in total. The summed E-state index contributed by atoms with van der Waals surface area (Å²) in [6, 6.07) is 11.9. The Balaban J connectivity index is 1.73. The first-order chi connectivity index (χ1) is 11.8. The highest BCUT2D eigenvalue weighted by molar-refractivity contribution is 5.90. The van der Waals surface area contributed by atoms with E-state index in [9.17, 15) is 4.79 Å². The number of furan rings is 1. The number of nitrogens with zero attached hydrogens (tertiary/aromatic N) is 1.